The van der Waals surface area contributed by atoms with Gasteiger partial charge in [0.05, 0.1) is 0 Å². The molecule has 1 fully saturated rings. The second-order valence-corrected chi connectivity index (χ2v) is 3.88. The molecule has 0 aromatic rings. The van der Waals surface area contributed by atoms with E-state index in [0.717, 1.165) is 25.7 Å². The third-order valence-corrected chi connectivity index (χ3v) is 2.99. The van der Waals surface area contributed by atoms with E-state index in [1.807, 2.05) is 0 Å². The molecule has 0 N–H and O–H groups in total. The van der Waals surface area contributed by atoms with Gasteiger partial charge in [0.1, 0.15) is 0 Å². The van der Waals surface area contributed by atoms with Gasteiger partial charge in [-0.25, -0.2) is 0 Å². The Morgan fingerprint density at radius 3 is 1.64 bits per heavy atom. The molecule has 0 spiro atoms. The molecule has 5 heteroatoms. The Morgan fingerprint density at radius 1 is 0.909 bits per heavy atom. The molecule has 0 aromatic heterocycles. The zero-order valence-electron chi connectivity index (χ0n) is 7.38. The van der Waals surface area contributed by atoms with Gasteiger partial charge in [-0.15, -0.1) is 0 Å². The van der Waals surface area contributed by atoms with Crippen molar-refractivity contribution in [2.24, 2.45) is 0 Å². The van der Waals surface area contributed by atoms with E-state index >= 15 is 0 Å². The summed E-state index contributed by atoms with van der Waals surface area (Å²) in [4.78, 5) is 20.8. The smallest absolute Gasteiger partial charge is 0.841 e. The number of hydrogen-bond acceptors (Lipinski definition) is 2. The van der Waals surface area contributed by atoms with Crippen molar-refractivity contribution in [2.45, 2.75) is 37.8 Å². The van der Waals surface area contributed by atoms with Gasteiger partial charge in [-0.3, -0.25) is 0 Å². The summed E-state index contributed by atoms with van der Waals surface area (Å²) < 4.78 is 0. The molecule has 0 radical (unpaired) electrons. The standard InChI is InChI=1S/C6H11O2P.2Na/c7-9(8)6-4-2-1-3-5-6;;/h6H,1-5H2;;/q-2;2*+1. The molecule has 0 amide bonds. The number of rotatable bonds is 1. The molecule has 1 rings (SSSR count). The van der Waals surface area contributed by atoms with Crippen molar-refractivity contribution in [3.63, 3.8) is 0 Å². The summed E-state index contributed by atoms with van der Waals surface area (Å²) in [6.07, 6.45) is 5.24. The summed E-state index contributed by atoms with van der Waals surface area (Å²) in [6, 6.07) is 0. The van der Waals surface area contributed by atoms with E-state index in [1.165, 1.54) is 6.42 Å². The SMILES string of the molecule is [Na+].[Na+].[O-]P([O-])C1CCCCC1. The van der Waals surface area contributed by atoms with Gasteiger partial charge in [-0.2, -0.15) is 0 Å². The van der Waals surface area contributed by atoms with E-state index in [-0.39, 0.29) is 64.8 Å². The van der Waals surface area contributed by atoms with Crippen molar-refractivity contribution in [1.82, 2.24) is 0 Å². The van der Waals surface area contributed by atoms with Crippen LogP contribution in [0.4, 0.5) is 0 Å². The molecular weight excluding hydrogens is 181 g/mol. The van der Waals surface area contributed by atoms with Crippen LogP contribution in [-0.2, 0) is 0 Å². The summed E-state index contributed by atoms with van der Waals surface area (Å²) in [6.45, 7) is 0. The van der Waals surface area contributed by atoms with Crippen molar-refractivity contribution in [3.05, 3.63) is 0 Å². The average Bonchev–Trinajstić information content (AvgIpc) is 1.90. The quantitative estimate of drug-likeness (QED) is 0.307. The molecule has 0 aliphatic heterocycles. The Hall–Kier alpha value is 2.35. The zero-order chi connectivity index (χ0) is 6.69. The number of hydrogen-bond donors (Lipinski definition) is 0. The Bertz CT molecular complexity index is 86.7. The maximum absolute atomic E-state index is 10.4. The van der Waals surface area contributed by atoms with Gasteiger partial charge in [0.15, 0.2) is 0 Å². The summed E-state index contributed by atoms with van der Waals surface area (Å²) in [5, 5.41) is 0. The first-order chi connectivity index (χ1) is 4.30. The van der Waals surface area contributed by atoms with Crippen LogP contribution in [0.5, 0.6) is 0 Å². The zero-order valence-corrected chi connectivity index (χ0v) is 12.3. The van der Waals surface area contributed by atoms with Crippen LogP contribution in [0, 0.1) is 0 Å². The predicted octanol–water partition coefficient (Wildman–Crippen LogP) is -5.64. The van der Waals surface area contributed by atoms with Gasteiger partial charge >= 0.3 is 59.1 Å². The van der Waals surface area contributed by atoms with Crippen LogP contribution in [-0.4, -0.2) is 5.66 Å². The van der Waals surface area contributed by atoms with Crippen molar-refractivity contribution < 1.29 is 68.9 Å². The molecule has 54 valence electrons. The minimum atomic E-state index is -2.12. The van der Waals surface area contributed by atoms with Crippen LogP contribution in [0.1, 0.15) is 32.1 Å². The summed E-state index contributed by atoms with van der Waals surface area (Å²) >= 11 is 0. The van der Waals surface area contributed by atoms with E-state index in [0.29, 0.717) is 0 Å². The van der Waals surface area contributed by atoms with Crippen LogP contribution in [0.2, 0.25) is 0 Å². The molecule has 0 saturated heterocycles. The average molecular weight is 192 g/mol. The Balaban J connectivity index is 0. The van der Waals surface area contributed by atoms with Crippen LogP contribution in [0.3, 0.4) is 0 Å². The minimum Gasteiger partial charge on any atom is -0.841 e. The molecule has 0 unspecified atom stereocenters. The third-order valence-electron chi connectivity index (χ3n) is 1.87. The molecule has 0 atom stereocenters. The Morgan fingerprint density at radius 2 is 1.36 bits per heavy atom. The van der Waals surface area contributed by atoms with Crippen LogP contribution >= 0.6 is 8.38 Å². The predicted molar refractivity (Wildman–Crippen MR) is 33.8 cm³/mol. The van der Waals surface area contributed by atoms with Gasteiger partial charge in [0.25, 0.3) is 0 Å². The minimum absolute atomic E-state index is 0. The normalized spacial score (nSPS) is 18.8. The molecule has 11 heavy (non-hydrogen) atoms. The molecule has 1 aliphatic carbocycles. The van der Waals surface area contributed by atoms with E-state index in [2.05, 4.69) is 0 Å². The fourth-order valence-electron chi connectivity index (χ4n) is 1.29. The summed E-state index contributed by atoms with van der Waals surface area (Å²) in [5.74, 6) is 0. The molecule has 0 bridgehead atoms. The van der Waals surface area contributed by atoms with Gasteiger partial charge in [0.2, 0.25) is 0 Å². The van der Waals surface area contributed by atoms with Crippen LogP contribution in [0.25, 0.3) is 0 Å². The van der Waals surface area contributed by atoms with E-state index < -0.39 is 8.38 Å². The van der Waals surface area contributed by atoms with E-state index in [9.17, 15) is 9.79 Å². The van der Waals surface area contributed by atoms with Crippen molar-refractivity contribution in [1.29, 1.82) is 0 Å². The topological polar surface area (TPSA) is 46.1 Å². The van der Waals surface area contributed by atoms with Gasteiger partial charge in [-0.05, 0) is 12.8 Å². The first-order valence-electron chi connectivity index (χ1n) is 3.44. The first kappa shape index (κ1) is 15.8. The van der Waals surface area contributed by atoms with E-state index in [4.69, 9.17) is 0 Å². The van der Waals surface area contributed by atoms with Crippen LogP contribution in [0.15, 0.2) is 0 Å². The van der Waals surface area contributed by atoms with Crippen molar-refractivity contribution >= 4 is 8.38 Å². The first-order valence-corrected chi connectivity index (χ1v) is 4.69. The van der Waals surface area contributed by atoms with E-state index in [1.54, 1.807) is 0 Å². The molecular formula is C6H11Na2O2P. The van der Waals surface area contributed by atoms with Crippen LogP contribution < -0.4 is 68.9 Å². The maximum Gasteiger partial charge on any atom is 1.00 e. The van der Waals surface area contributed by atoms with Gasteiger partial charge < -0.3 is 18.2 Å². The fourth-order valence-corrected chi connectivity index (χ4v) is 2.08. The molecule has 1 aliphatic rings. The molecule has 0 heterocycles. The van der Waals surface area contributed by atoms with Gasteiger partial charge in [0, 0.05) is 0 Å². The summed E-state index contributed by atoms with van der Waals surface area (Å²) in [5.41, 5.74) is 0.00810. The third kappa shape index (κ3) is 6.42. The summed E-state index contributed by atoms with van der Waals surface area (Å²) in [7, 11) is -2.12. The monoisotopic (exact) mass is 192 g/mol. The molecule has 1 saturated carbocycles. The Labute approximate surface area is 114 Å². The van der Waals surface area contributed by atoms with Gasteiger partial charge in [-0.1, -0.05) is 24.9 Å². The second-order valence-electron chi connectivity index (χ2n) is 2.58. The van der Waals surface area contributed by atoms with Crippen molar-refractivity contribution in [2.75, 3.05) is 0 Å². The van der Waals surface area contributed by atoms with Crippen molar-refractivity contribution in [3.8, 4) is 0 Å². The Kier molecular flexibility index (Phi) is 12.8. The second kappa shape index (κ2) is 8.93. The molecule has 0 aromatic carbocycles. The molecule has 2 nitrogen and oxygen atoms in total. The largest absolute Gasteiger partial charge is 1.00 e. The maximum atomic E-state index is 10.4. The fraction of sp³-hybridized carbons (Fsp3) is 1.00.